The number of rotatable bonds is 3. The highest BCUT2D eigenvalue weighted by Crippen LogP contribution is 2.06. The zero-order valence-corrected chi connectivity index (χ0v) is 9.51. The van der Waals surface area contributed by atoms with Gasteiger partial charge in [-0.2, -0.15) is 0 Å². The fourth-order valence-electron chi connectivity index (χ4n) is 0.871. The van der Waals surface area contributed by atoms with Gasteiger partial charge in [0.05, 0.1) is 6.04 Å². The molecule has 0 saturated carbocycles. The van der Waals surface area contributed by atoms with Crippen molar-refractivity contribution in [1.82, 2.24) is 5.32 Å². The predicted molar refractivity (Wildman–Crippen MR) is 54.1 cm³/mol. The maximum absolute atomic E-state index is 11.2. The molecule has 0 bridgehead atoms. The third-order valence-corrected chi connectivity index (χ3v) is 1.56. The second kappa shape index (κ2) is 4.98. The van der Waals surface area contributed by atoms with Gasteiger partial charge in [-0.1, -0.05) is 6.92 Å². The van der Waals surface area contributed by atoms with Crippen LogP contribution in [0.1, 0.15) is 41.0 Å². The van der Waals surface area contributed by atoms with Crippen LogP contribution in [-0.4, -0.2) is 23.5 Å². The molecule has 82 valence electrons. The molecule has 0 aliphatic carbocycles. The molecule has 0 aliphatic rings. The highest BCUT2D eigenvalue weighted by Gasteiger charge is 2.19. The lowest BCUT2D eigenvalue weighted by molar-refractivity contribution is -0.120. The number of carbonyl (C=O) groups excluding carboxylic acids is 2. The minimum atomic E-state index is -0.549. The number of Topliss-reactive ketones (excluding diaryl/α,β-unsaturated/α-hetero) is 1. The molecule has 0 spiro atoms. The van der Waals surface area contributed by atoms with E-state index in [-0.39, 0.29) is 5.78 Å². The normalized spacial score (nSPS) is 13.2. The molecule has 0 heterocycles. The first-order chi connectivity index (χ1) is 6.26. The first-order valence-electron chi connectivity index (χ1n) is 4.78. The van der Waals surface area contributed by atoms with E-state index in [1.54, 1.807) is 34.6 Å². The summed E-state index contributed by atoms with van der Waals surface area (Å²) >= 11 is 0. The second-order valence-corrected chi connectivity index (χ2v) is 4.19. The molecule has 0 saturated heterocycles. The van der Waals surface area contributed by atoms with Gasteiger partial charge in [0.1, 0.15) is 5.60 Å². The monoisotopic (exact) mass is 201 g/mol. The molecule has 0 rings (SSSR count). The molecule has 4 heteroatoms. The summed E-state index contributed by atoms with van der Waals surface area (Å²) in [7, 11) is 0. The average molecular weight is 201 g/mol. The van der Waals surface area contributed by atoms with E-state index in [0.717, 1.165) is 0 Å². The molecule has 0 radical (unpaired) electrons. The van der Waals surface area contributed by atoms with E-state index in [9.17, 15) is 9.59 Å². The molecule has 0 unspecified atom stereocenters. The van der Waals surface area contributed by atoms with Crippen LogP contribution >= 0.6 is 0 Å². The van der Waals surface area contributed by atoms with Crippen LogP contribution in [0.5, 0.6) is 0 Å². The smallest absolute Gasteiger partial charge is 0.408 e. The van der Waals surface area contributed by atoms with Gasteiger partial charge in [0.2, 0.25) is 0 Å². The molecule has 0 fully saturated rings. The summed E-state index contributed by atoms with van der Waals surface area (Å²) in [6, 6.07) is -0.477. The third kappa shape index (κ3) is 5.56. The van der Waals surface area contributed by atoms with Gasteiger partial charge >= 0.3 is 6.09 Å². The van der Waals surface area contributed by atoms with E-state index in [1.807, 2.05) is 0 Å². The number of alkyl carbamates (subject to hydrolysis) is 1. The van der Waals surface area contributed by atoms with Crippen molar-refractivity contribution >= 4 is 11.9 Å². The molecule has 4 nitrogen and oxygen atoms in total. The van der Waals surface area contributed by atoms with Crippen LogP contribution < -0.4 is 5.32 Å². The summed E-state index contributed by atoms with van der Waals surface area (Å²) in [5, 5.41) is 2.48. The third-order valence-electron chi connectivity index (χ3n) is 1.56. The van der Waals surface area contributed by atoms with E-state index in [1.165, 1.54) is 0 Å². The Labute approximate surface area is 85.0 Å². The van der Waals surface area contributed by atoms with Gasteiger partial charge in [-0.3, -0.25) is 4.79 Å². The Morgan fingerprint density at radius 3 is 2.21 bits per heavy atom. The van der Waals surface area contributed by atoms with Gasteiger partial charge in [0.15, 0.2) is 5.78 Å². The standard InChI is InChI=1S/C10H19NO3/c1-6-8(12)7(2)11-9(13)14-10(3,4)5/h7H,6H2,1-5H3,(H,11,13)/t7-/m0/s1. The minimum absolute atomic E-state index is 0.00383. The maximum Gasteiger partial charge on any atom is 0.408 e. The summed E-state index contributed by atoms with van der Waals surface area (Å²) in [6.45, 7) is 8.74. The van der Waals surface area contributed by atoms with Crippen molar-refractivity contribution in [1.29, 1.82) is 0 Å². The second-order valence-electron chi connectivity index (χ2n) is 4.19. The Balaban J connectivity index is 4.01. The van der Waals surface area contributed by atoms with Crippen molar-refractivity contribution in [3.8, 4) is 0 Å². The first kappa shape index (κ1) is 12.9. The summed E-state index contributed by atoms with van der Waals surface area (Å²) in [6.07, 6.45) is -0.136. The van der Waals surface area contributed by atoms with Crippen molar-refractivity contribution in [2.75, 3.05) is 0 Å². The molecule has 1 N–H and O–H groups in total. The topological polar surface area (TPSA) is 55.4 Å². The molecule has 0 aromatic rings. The molecule has 0 aliphatic heterocycles. The van der Waals surface area contributed by atoms with Crippen LogP contribution in [0.15, 0.2) is 0 Å². The Kier molecular flexibility index (Phi) is 4.60. The highest BCUT2D eigenvalue weighted by molar-refractivity contribution is 5.86. The van der Waals surface area contributed by atoms with Crippen LogP contribution in [0.4, 0.5) is 4.79 Å². The quantitative estimate of drug-likeness (QED) is 0.758. The van der Waals surface area contributed by atoms with E-state index >= 15 is 0 Å². The minimum Gasteiger partial charge on any atom is -0.444 e. The van der Waals surface area contributed by atoms with E-state index in [2.05, 4.69) is 5.32 Å². The van der Waals surface area contributed by atoms with Crippen LogP contribution in [0.25, 0.3) is 0 Å². The van der Waals surface area contributed by atoms with Crippen molar-refractivity contribution in [3.05, 3.63) is 0 Å². The van der Waals surface area contributed by atoms with Crippen LogP contribution in [0, 0.1) is 0 Å². The number of amides is 1. The number of ether oxygens (including phenoxy) is 1. The number of nitrogens with one attached hydrogen (secondary N) is 1. The molecule has 14 heavy (non-hydrogen) atoms. The summed E-state index contributed by atoms with van der Waals surface area (Å²) in [5.74, 6) is -0.00383. The van der Waals surface area contributed by atoms with Crippen molar-refractivity contribution < 1.29 is 14.3 Å². The fourth-order valence-corrected chi connectivity index (χ4v) is 0.871. The zero-order valence-electron chi connectivity index (χ0n) is 9.51. The van der Waals surface area contributed by atoms with Gasteiger partial charge in [-0.15, -0.1) is 0 Å². The van der Waals surface area contributed by atoms with Gasteiger partial charge in [0.25, 0.3) is 0 Å². The van der Waals surface area contributed by atoms with Crippen LogP contribution in [0.2, 0.25) is 0 Å². The summed E-state index contributed by atoms with van der Waals surface area (Å²) < 4.78 is 5.00. The highest BCUT2D eigenvalue weighted by atomic mass is 16.6. The van der Waals surface area contributed by atoms with Crippen molar-refractivity contribution in [3.63, 3.8) is 0 Å². The average Bonchev–Trinajstić information content (AvgIpc) is 1.99. The van der Waals surface area contributed by atoms with Crippen LogP contribution in [0.3, 0.4) is 0 Å². The molecular weight excluding hydrogens is 182 g/mol. The summed E-state index contributed by atoms with van der Waals surface area (Å²) in [4.78, 5) is 22.3. The van der Waals surface area contributed by atoms with Crippen LogP contribution in [-0.2, 0) is 9.53 Å². The van der Waals surface area contributed by atoms with E-state index < -0.39 is 17.7 Å². The zero-order chi connectivity index (χ0) is 11.4. The Morgan fingerprint density at radius 2 is 1.86 bits per heavy atom. The summed E-state index contributed by atoms with van der Waals surface area (Å²) in [5.41, 5.74) is -0.529. The Morgan fingerprint density at radius 1 is 1.36 bits per heavy atom. The lowest BCUT2D eigenvalue weighted by Crippen LogP contribution is -2.41. The molecule has 0 aromatic carbocycles. The number of hydrogen-bond acceptors (Lipinski definition) is 3. The molecule has 1 amide bonds. The van der Waals surface area contributed by atoms with E-state index in [4.69, 9.17) is 4.74 Å². The number of hydrogen-bond donors (Lipinski definition) is 1. The molecular formula is C10H19NO3. The molecule has 0 aromatic heterocycles. The first-order valence-corrected chi connectivity index (χ1v) is 4.78. The van der Waals surface area contributed by atoms with Gasteiger partial charge in [-0.25, -0.2) is 4.79 Å². The maximum atomic E-state index is 11.2. The van der Waals surface area contributed by atoms with E-state index in [0.29, 0.717) is 6.42 Å². The Hall–Kier alpha value is -1.06. The van der Waals surface area contributed by atoms with Gasteiger partial charge in [-0.05, 0) is 27.7 Å². The lowest BCUT2D eigenvalue weighted by Gasteiger charge is -2.21. The van der Waals surface area contributed by atoms with Gasteiger partial charge in [0, 0.05) is 6.42 Å². The van der Waals surface area contributed by atoms with Gasteiger partial charge < -0.3 is 10.1 Å². The van der Waals surface area contributed by atoms with Crippen molar-refractivity contribution in [2.24, 2.45) is 0 Å². The number of carbonyl (C=O) groups is 2. The molecule has 1 atom stereocenters. The fraction of sp³-hybridized carbons (Fsp3) is 0.800. The van der Waals surface area contributed by atoms with Crippen molar-refractivity contribution in [2.45, 2.75) is 52.7 Å². The SMILES string of the molecule is CCC(=O)[C@H](C)NC(=O)OC(C)(C)C. The largest absolute Gasteiger partial charge is 0.444 e. The lowest BCUT2D eigenvalue weighted by atomic mass is 10.2. The predicted octanol–water partition coefficient (Wildman–Crippen LogP) is 1.88. The Bertz CT molecular complexity index is 218. The number of ketones is 1.